The molecule has 0 saturated carbocycles. The number of rotatable bonds is 5. The number of hydrogen-bond donors (Lipinski definition) is 2. The van der Waals surface area contributed by atoms with Crippen molar-refractivity contribution in [3.63, 3.8) is 0 Å². The fourth-order valence-corrected chi connectivity index (χ4v) is 4.19. The summed E-state index contributed by atoms with van der Waals surface area (Å²) in [6.07, 6.45) is 1.95. The Bertz CT molecular complexity index is 1160. The lowest BCUT2D eigenvalue weighted by Crippen LogP contribution is -2.42. The smallest absolute Gasteiger partial charge is 0.324 e. The lowest BCUT2D eigenvalue weighted by atomic mass is 9.88. The van der Waals surface area contributed by atoms with Crippen molar-refractivity contribution in [2.45, 2.75) is 17.4 Å². The van der Waals surface area contributed by atoms with Crippen molar-refractivity contribution in [2.75, 3.05) is 18.1 Å². The second-order valence-electron chi connectivity index (χ2n) is 7.25. The molecule has 7 heteroatoms. The highest BCUT2D eigenvalue weighted by Crippen LogP contribution is 2.33. The molecule has 1 saturated heterocycles. The van der Waals surface area contributed by atoms with Crippen LogP contribution in [0.2, 0.25) is 0 Å². The lowest BCUT2D eigenvalue weighted by molar-refractivity contribution is -0.133. The van der Waals surface area contributed by atoms with Crippen LogP contribution in [0.4, 0.5) is 10.5 Å². The van der Waals surface area contributed by atoms with E-state index < -0.39 is 23.4 Å². The van der Waals surface area contributed by atoms with Crippen LogP contribution in [0.1, 0.15) is 12.5 Å². The van der Waals surface area contributed by atoms with E-state index in [1.165, 1.54) is 0 Å². The summed E-state index contributed by atoms with van der Waals surface area (Å²) >= 11 is 1.56. The third kappa shape index (κ3) is 3.52. The summed E-state index contributed by atoms with van der Waals surface area (Å²) in [6.45, 7) is 1.32. The number of urea groups is 1. The predicted octanol–water partition coefficient (Wildman–Crippen LogP) is 3.97. The molecule has 152 valence electrons. The van der Waals surface area contributed by atoms with Gasteiger partial charge in [-0.25, -0.2) is 4.79 Å². The molecule has 4 rings (SSSR count). The number of imide groups is 1. The van der Waals surface area contributed by atoms with Crippen LogP contribution in [-0.2, 0) is 15.1 Å². The molecule has 0 bridgehead atoms. The number of anilines is 1. The number of nitrogens with one attached hydrogen (secondary N) is 2. The van der Waals surface area contributed by atoms with Gasteiger partial charge in [-0.1, -0.05) is 48.5 Å². The van der Waals surface area contributed by atoms with E-state index in [1.807, 2.05) is 66.9 Å². The van der Waals surface area contributed by atoms with Crippen LogP contribution in [0.5, 0.6) is 0 Å². The van der Waals surface area contributed by atoms with E-state index in [9.17, 15) is 14.4 Å². The molecule has 0 aliphatic carbocycles. The second-order valence-corrected chi connectivity index (χ2v) is 8.13. The quantitative estimate of drug-likeness (QED) is 0.485. The number of carbonyl (C=O) groups excluding carboxylic acids is 3. The third-order valence-corrected chi connectivity index (χ3v) is 5.98. The highest BCUT2D eigenvalue weighted by molar-refractivity contribution is 7.98. The molecule has 0 aromatic heterocycles. The zero-order valence-electron chi connectivity index (χ0n) is 16.6. The van der Waals surface area contributed by atoms with Gasteiger partial charge < -0.3 is 10.6 Å². The summed E-state index contributed by atoms with van der Waals surface area (Å²) in [5.41, 5.74) is 0.0852. The zero-order valence-corrected chi connectivity index (χ0v) is 17.5. The van der Waals surface area contributed by atoms with E-state index >= 15 is 0 Å². The first-order chi connectivity index (χ1) is 14.4. The van der Waals surface area contributed by atoms with Crippen LogP contribution in [0.25, 0.3) is 10.8 Å². The molecule has 3 aromatic carbocycles. The molecule has 1 atom stereocenters. The monoisotopic (exact) mass is 419 g/mol. The molecule has 1 aliphatic heterocycles. The van der Waals surface area contributed by atoms with Gasteiger partial charge in [-0.05, 0) is 47.7 Å². The molecule has 2 N–H and O–H groups in total. The minimum atomic E-state index is -1.24. The molecule has 30 heavy (non-hydrogen) atoms. The number of fused-ring (bicyclic) bond motifs is 1. The van der Waals surface area contributed by atoms with E-state index in [-0.39, 0.29) is 6.54 Å². The van der Waals surface area contributed by atoms with Gasteiger partial charge in [0.25, 0.3) is 5.91 Å². The topological polar surface area (TPSA) is 78.5 Å². The fourth-order valence-electron chi connectivity index (χ4n) is 3.73. The third-order valence-electron chi connectivity index (χ3n) is 5.26. The molecule has 3 aromatic rings. The first kappa shape index (κ1) is 20.0. The van der Waals surface area contributed by atoms with Crippen molar-refractivity contribution in [3.8, 4) is 0 Å². The van der Waals surface area contributed by atoms with E-state index in [1.54, 1.807) is 24.8 Å². The summed E-state index contributed by atoms with van der Waals surface area (Å²) < 4.78 is 0. The number of amides is 4. The Morgan fingerprint density at radius 3 is 2.60 bits per heavy atom. The van der Waals surface area contributed by atoms with Gasteiger partial charge in [-0.3, -0.25) is 14.5 Å². The Morgan fingerprint density at radius 1 is 1.07 bits per heavy atom. The van der Waals surface area contributed by atoms with Crippen molar-refractivity contribution in [3.05, 3.63) is 72.3 Å². The minimum absolute atomic E-state index is 0.353. The number of hydrogen-bond acceptors (Lipinski definition) is 4. The molecule has 0 unspecified atom stereocenters. The van der Waals surface area contributed by atoms with Crippen molar-refractivity contribution in [1.82, 2.24) is 10.2 Å². The van der Waals surface area contributed by atoms with Crippen LogP contribution in [0, 0.1) is 0 Å². The van der Waals surface area contributed by atoms with Gasteiger partial charge in [0.05, 0.1) is 0 Å². The van der Waals surface area contributed by atoms with E-state index in [0.29, 0.717) is 11.3 Å². The maximum Gasteiger partial charge on any atom is 0.325 e. The number of benzene rings is 3. The summed E-state index contributed by atoms with van der Waals surface area (Å²) in [5.74, 6) is -0.879. The standard InChI is InChI=1S/C23H21N3O3S/c1-23(19-12-5-8-15-7-3-4-11-18(15)19)21(28)26(22(29)25-23)14-20(27)24-16-9-6-10-17(13-16)30-2/h3-13H,14H2,1-2H3,(H,24,27)(H,25,29)/t23-/m0/s1. The minimum Gasteiger partial charge on any atom is -0.324 e. The van der Waals surface area contributed by atoms with Gasteiger partial charge in [0.2, 0.25) is 5.91 Å². The van der Waals surface area contributed by atoms with Gasteiger partial charge in [0.15, 0.2) is 0 Å². The summed E-state index contributed by atoms with van der Waals surface area (Å²) in [5, 5.41) is 7.40. The largest absolute Gasteiger partial charge is 0.325 e. The maximum atomic E-state index is 13.2. The number of carbonyl (C=O) groups is 3. The normalized spacial score (nSPS) is 18.5. The van der Waals surface area contributed by atoms with Crippen molar-refractivity contribution < 1.29 is 14.4 Å². The molecule has 1 aliphatic rings. The van der Waals surface area contributed by atoms with Gasteiger partial charge in [-0.2, -0.15) is 0 Å². The van der Waals surface area contributed by atoms with Crippen molar-refractivity contribution in [2.24, 2.45) is 0 Å². The molecular weight excluding hydrogens is 398 g/mol. The number of thioether (sulfide) groups is 1. The molecule has 0 radical (unpaired) electrons. The van der Waals surface area contributed by atoms with E-state index in [2.05, 4.69) is 10.6 Å². The summed E-state index contributed by atoms with van der Waals surface area (Å²) in [6, 6.07) is 20.1. The van der Waals surface area contributed by atoms with E-state index in [0.717, 1.165) is 20.6 Å². The Morgan fingerprint density at radius 2 is 1.80 bits per heavy atom. The average molecular weight is 420 g/mol. The van der Waals surface area contributed by atoms with Gasteiger partial charge in [0.1, 0.15) is 12.1 Å². The first-order valence-electron chi connectivity index (χ1n) is 9.48. The molecule has 1 heterocycles. The Labute approximate surface area is 178 Å². The summed E-state index contributed by atoms with van der Waals surface area (Å²) in [7, 11) is 0. The van der Waals surface area contributed by atoms with Crippen LogP contribution in [0.3, 0.4) is 0 Å². The first-order valence-corrected chi connectivity index (χ1v) is 10.7. The maximum absolute atomic E-state index is 13.2. The zero-order chi connectivity index (χ0) is 21.3. The van der Waals surface area contributed by atoms with Crippen LogP contribution >= 0.6 is 11.8 Å². The fraction of sp³-hybridized carbons (Fsp3) is 0.174. The Kier molecular flexibility index (Phi) is 5.22. The van der Waals surface area contributed by atoms with Crippen molar-refractivity contribution >= 4 is 46.1 Å². The van der Waals surface area contributed by atoms with Crippen LogP contribution in [0.15, 0.2) is 71.6 Å². The number of nitrogens with zero attached hydrogens (tertiary/aromatic N) is 1. The second kappa shape index (κ2) is 7.84. The van der Waals surface area contributed by atoms with Gasteiger partial charge in [0, 0.05) is 10.6 Å². The van der Waals surface area contributed by atoms with Gasteiger partial charge >= 0.3 is 6.03 Å². The van der Waals surface area contributed by atoms with Crippen LogP contribution < -0.4 is 10.6 Å². The van der Waals surface area contributed by atoms with E-state index in [4.69, 9.17) is 0 Å². The molecule has 0 spiro atoms. The highest BCUT2D eigenvalue weighted by Gasteiger charge is 2.50. The SMILES string of the molecule is CSc1cccc(NC(=O)CN2C(=O)N[C@@](C)(c3cccc4ccccc34)C2=O)c1. The predicted molar refractivity (Wildman–Crippen MR) is 118 cm³/mol. The average Bonchev–Trinajstić information content (AvgIpc) is 2.97. The lowest BCUT2D eigenvalue weighted by Gasteiger charge is -2.24. The summed E-state index contributed by atoms with van der Waals surface area (Å²) in [4.78, 5) is 40.3. The Hall–Kier alpha value is -3.32. The van der Waals surface area contributed by atoms with Crippen LogP contribution in [-0.4, -0.2) is 35.5 Å². The Balaban J connectivity index is 1.57. The molecular formula is C23H21N3O3S. The molecule has 1 fully saturated rings. The van der Waals surface area contributed by atoms with Gasteiger partial charge in [-0.15, -0.1) is 11.8 Å². The van der Waals surface area contributed by atoms with Crippen molar-refractivity contribution in [1.29, 1.82) is 0 Å². The molecule has 4 amide bonds. The highest BCUT2D eigenvalue weighted by atomic mass is 32.2. The molecule has 6 nitrogen and oxygen atoms in total.